The third kappa shape index (κ3) is 4.84. The molecule has 1 fully saturated rings. The Morgan fingerprint density at radius 2 is 1.67 bits per heavy atom. The van der Waals surface area contributed by atoms with Crippen LogP contribution in [0.25, 0.3) is 0 Å². The molecule has 1 aliphatic rings. The Hall–Kier alpha value is -2.38. The van der Waals surface area contributed by atoms with Gasteiger partial charge in [-0.25, -0.2) is 8.42 Å². The largest absolute Gasteiger partial charge is 0.372 e. The van der Waals surface area contributed by atoms with Gasteiger partial charge in [0.15, 0.2) is 0 Å². The molecule has 0 spiro atoms. The van der Waals surface area contributed by atoms with E-state index in [4.69, 9.17) is 0 Å². The normalized spacial score (nSPS) is 14.6. The molecule has 6 nitrogen and oxygen atoms in total. The molecule has 162 valence electrons. The van der Waals surface area contributed by atoms with Crippen LogP contribution in [-0.2, 0) is 16.6 Å². The van der Waals surface area contributed by atoms with E-state index in [0.29, 0.717) is 30.8 Å². The summed E-state index contributed by atoms with van der Waals surface area (Å²) in [5, 5.41) is 2.90. The van der Waals surface area contributed by atoms with Gasteiger partial charge in [-0.05, 0) is 69.0 Å². The zero-order valence-electron chi connectivity index (χ0n) is 18.0. The first kappa shape index (κ1) is 22.3. The van der Waals surface area contributed by atoms with E-state index in [9.17, 15) is 13.2 Å². The van der Waals surface area contributed by atoms with E-state index in [0.717, 1.165) is 37.2 Å². The fourth-order valence-corrected chi connectivity index (χ4v) is 5.55. The zero-order valence-corrected chi connectivity index (χ0v) is 18.8. The van der Waals surface area contributed by atoms with Crippen molar-refractivity contribution in [3.05, 3.63) is 59.2 Å². The number of anilines is 1. The van der Waals surface area contributed by atoms with Gasteiger partial charge in [0.25, 0.3) is 5.91 Å². The van der Waals surface area contributed by atoms with Crippen molar-refractivity contribution >= 4 is 21.6 Å². The lowest BCUT2D eigenvalue weighted by Crippen LogP contribution is -2.29. The van der Waals surface area contributed by atoms with Crippen molar-refractivity contribution in [1.29, 1.82) is 0 Å². The molecule has 2 aromatic rings. The van der Waals surface area contributed by atoms with Crippen LogP contribution in [0.5, 0.6) is 0 Å². The predicted molar refractivity (Wildman–Crippen MR) is 120 cm³/mol. The molecule has 7 heteroatoms. The van der Waals surface area contributed by atoms with Crippen LogP contribution in [0.4, 0.5) is 5.69 Å². The van der Waals surface area contributed by atoms with E-state index in [1.165, 1.54) is 10.4 Å². The molecule has 0 unspecified atom stereocenters. The molecule has 1 aliphatic heterocycles. The van der Waals surface area contributed by atoms with E-state index in [1.807, 2.05) is 12.1 Å². The molecule has 0 bridgehead atoms. The third-order valence-electron chi connectivity index (χ3n) is 5.65. The molecule has 0 radical (unpaired) electrons. The monoisotopic (exact) mass is 429 g/mol. The van der Waals surface area contributed by atoms with Crippen LogP contribution in [0.2, 0.25) is 0 Å². The Bertz CT molecular complexity index is 977. The molecule has 30 heavy (non-hydrogen) atoms. The maximum Gasteiger partial charge on any atom is 0.251 e. The molecule has 1 N–H and O–H groups in total. The first-order chi connectivity index (χ1) is 14.4. The number of rotatable bonds is 8. The van der Waals surface area contributed by atoms with Crippen LogP contribution in [-0.4, -0.2) is 44.8 Å². The highest BCUT2D eigenvalue weighted by Gasteiger charge is 2.29. The number of carbonyl (C=O) groups excluding carboxylic acids is 1. The number of benzene rings is 2. The summed E-state index contributed by atoms with van der Waals surface area (Å²) in [5.41, 5.74) is 3.17. The maximum absolute atomic E-state index is 12.9. The van der Waals surface area contributed by atoms with Crippen molar-refractivity contribution in [2.24, 2.45) is 0 Å². The van der Waals surface area contributed by atoms with Crippen molar-refractivity contribution in [3.8, 4) is 0 Å². The Labute approximate surface area is 179 Å². The second-order valence-electron chi connectivity index (χ2n) is 7.61. The lowest BCUT2D eigenvalue weighted by atomic mass is 10.1. The Kier molecular flexibility index (Phi) is 7.15. The molecular weight excluding hydrogens is 398 g/mol. The van der Waals surface area contributed by atoms with Gasteiger partial charge in [-0.2, -0.15) is 4.31 Å². The van der Waals surface area contributed by atoms with Gasteiger partial charge >= 0.3 is 0 Å². The Morgan fingerprint density at radius 1 is 1.03 bits per heavy atom. The van der Waals surface area contributed by atoms with Gasteiger partial charge in [-0.15, -0.1) is 0 Å². The Balaban J connectivity index is 1.70. The quantitative estimate of drug-likeness (QED) is 0.697. The molecule has 2 aromatic carbocycles. The Morgan fingerprint density at radius 3 is 2.27 bits per heavy atom. The van der Waals surface area contributed by atoms with E-state index in [2.05, 4.69) is 36.2 Å². The van der Waals surface area contributed by atoms with Gasteiger partial charge in [0.1, 0.15) is 0 Å². The van der Waals surface area contributed by atoms with Gasteiger partial charge in [0.2, 0.25) is 10.0 Å². The topological polar surface area (TPSA) is 69.7 Å². The van der Waals surface area contributed by atoms with Crippen molar-refractivity contribution in [3.63, 3.8) is 0 Å². The van der Waals surface area contributed by atoms with Crippen LogP contribution in [0.3, 0.4) is 0 Å². The van der Waals surface area contributed by atoms with Gasteiger partial charge < -0.3 is 10.2 Å². The van der Waals surface area contributed by atoms with E-state index in [1.54, 1.807) is 19.1 Å². The van der Waals surface area contributed by atoms with Crippen LogP contribution < -0.4 is 10.2 Å². The highest BCUT2D eigenvalue weighted by Crippen LogP contribution is 2.24. The smallest absolute Gasteiger partial charge is 0.251 e. The van der Waals surface area contributed by atoms with Crippen molar-refractivity contribution in [2.45, 2.75) is 45.1 Å². The third-order valence-corrected chi connectivity index (χ3v) is 7.69. The van der Waals surface area contributed by atoms with Gasteiger partial charge in [-0.1, -0.05) is 18.2 Å². The molecule has 3 rings (SSSR count). The molecule has 1 saturated heterocycles. The van der Waals surface area contributed by atoms with Crippen molar-refractivity contribution < 1.29 is 13.2 Å². The SMILES string of the molecule is CCN(CC)c1ccc(CNC(=O)c2ccc(C)c(S(=O)(=O)N3CCCC3)c2)cc1. The first-order valence-corrected chi connectivity index (χ1v) is 12.0. The molecule has 1 amide bonds. The summed E-state index contributed by atoms with van der Waals surface area (Å²) in [6.45, 7) is 9.38. The molecule has 0 aromatic heterocycles. The fourth-order valence-electron chi connectivity index (χ4n) is 3.78. The number of hydrogen-bond acceptors (Lipinski definition) is 4. The number of amides is 1. The van der Waals surface area contributed by atoms with Crippen LogP contribution in [0.1, 0.15) is 48.2 Å². The second kappa shape index (κ2) is 9.62. The minimum Gasteiger partial charge on any atom is -0.372 e. The van der Waals surface area contributed by atoms with E-state index >= 15 is 0 Å². The maximum atomic E-state index is 12.9. The second-order valence-corrected chi connectivity index (χ2v) is 9.52. The zero-order chi connectivity index (χ0) is 21.7. The lowest BCUT2D eigenvalue weighted by Gasteiger charge is -2.21. The van der Waals surface area contributed by atoms with Gasteiger partial charge in [0, 0.05) is 44.0 Å². The number of hydrogen-bond donors (Lipinski definition) is 1. The highest BCUT2D eigenvalue weighted by molar-refractivity contribution is 7.89. The fraction of sp³-hybridized carbons (Fsp3) is 0.435. The van der Waals surface area contributed by atoms with Gasteiger partial charge in [0.05, 0.1) is 4.90 Å². The minimum absolute atomic E-state index is 0.223. The predicted octanol–water partition coefficient (Wildman–Crippen LogP) is 3.56. The number of nitrogens with zero attached hydrogens (tertiary/aromatic N) is 2. The van der Waals surface area contributed by atoms with E-state index in [-0.39, 0.29) is 10.8 Å². The summed E-state index contributed by atoms with van der Waals surface area (Å²) < 4.78 is 27.4. The molecular formula is C23H31N3O3S. The lowest BCUT2D eigenvalue weighted by molar-refractivity contribution is 0.0950. The summed E-state index contributed by atoms with van der Waals surface area (Å²) in [5.74, 6) is -0.277. The number of carbonyl (C=O) groups is 1. The summed E-state index contributed by atoms with van der Waals surface area (Å²) in [6, 6.07) is 13.0. The molecule has 0 atom stereocenters. The van der Waals surface area contributed by atoms with Crippen molar-refractivity contribution in [2.75, 3.05) is 31.1 Å². The molecule has 0 aliphatic carbocycles. The summed E-state index contributed by atoms with van der Waals surface area (Å²) in [7, 11) is -3.56. The first-order valence-electron chi connectivity index (χ1n) is 10.6. The van der Waals surface area contributed by atoms with Crippen LogP contribution >= 0.6 is 0 Å². The minimum atomic E-state index is -3.56. The number of aryl methyl sites for hydroxylation is 1. The van der Waals surface area contributed by atoms with Crippen LogP contribution in [0.15, 0.2) is 47.4 Å². The van der Waals surface area contributed by atoms with E-state index < -0.39 is 10.0 Å². The van der Waals surface area contributed by atoms with Gasteiger partial charge in [-0.3, -0.25) is 4.79 Å². The summed E-state index contributed by atoms with van der Waals surface area (Å²) in [6.07, 6.45) is 1.76. The summed E-state index contributed by atoms with van der Waals surface area (Å²) >= 11 is 0. The highest BCUT2D eigenvalue weighted by atomic mass is 32.2. The number of sulfonamides is 1. The average molecular weight is 430 g/mol. The van der Waals surface area contributed by atoms with Crippen LogP contribution in [0, 0.1) is 6.92 Å². The summed E-state index contributed by atoms with van der Waals surface area (Å²) in [4.78, 5) is 15.2. The molecule has 1 heterocycles. The standard InChI is InChI=1S/C23H31N3O3S/c1-4-25(5-2)21-12-9-19(10-13-21)17-24-23(27)20-11-8-18(3)22(16-20)30(28,29)26-14-6-7-15-26/h8-13,16H,4-7,14-15,17H2,1-3H3,(H,24,27). The average Bonchev–Trinajstić information content (AvgIpc) is 3.30. The van der Waals surface area contributed by atoms with Crippen molar-refractivity contribution in [1.82, 2.24) is 9.62 Å². The number of nitrogens with one attached hydrogen (secondary N) is 1. The molecule has 0 saturated carbocycles.